The van der Waals surface area contributed by atoms with Gasteiger partial charge in [0, 0.05) is 23.3 Å². The van der Waals surface area contributed by atoms with Crippen LogP contribution in [0.3, 0.4) is 0 Å². The molecule has 96 valence electrons. The number of nitrogens with zero attached hydrogens (tertiary/aromatic N) is 1. The summed E-state index contributed by atoms with van der Waals surface area (Å²) in [6.07, 6.45) is 2.01. The number of hydrogen-bond donors (Lipinski definition) is 0. The highest BCUT2D eigenvalue weighted by atomic mass is 35.5. The van der Waals surface area contributed by atoms with Crippen molar-refractivity contribution in [3.05, 3.63) is 70.6 Å². The summed E-state index contributed by atoms with van der Waals surface area (Å²) in [6, 6.07) is 12.7. The van der Waals surface area contributed by atoms with Crippen molar-refractivity contribution in [2.75, 3.05) is 0 Å². The van der Waals surface area contributed by atoms with Crippen molar-refractivity contribution in [1.29, 1.82) is 0 Å². The molecule has 0 atom stereocenters. The van der Waals surface area contributed by atoms with Gasteiger partial charge < -0.3 is 4.57 Å². The number of benzene rings is 2. The Balaban J connectivity index is 2.05. The number of aryl methyl sites for hydroxylation is 1. The first kappa shape index (κ1) is 12.2. The van der Waals surface area contributed by atoms with E-state index < -0.39 is 0 Å². The van der Waals surface area contributed by atoms with Gasteiger partial charge in [0.1, 0.15) is 5.82 Å². The summed E-state index contributed by atoms with van der Waals surface area (Å²) in [5.41, 5.74) is 3.14. The van der Waals surface area contributed by atoms with Crippen molar-refractivity contribution in [2.24, 2.45) is 0 Å². The first-order chi connectivity index (χ1) is 9.13. The molecule has 0 unspecified atom stereocenters. The van der Waals surface area contributed by atoms with Gasteiger partial charge in [-0.2, -0.15) is 0 Å². The molecule has 0 saturated carbocycles. The molecule has 0 N–H and O–H groups in total. The minimum absolute atomic E-state index is 0.199. The molecule has 0 bridgehead atoms. The highest BCUT2D eigenvalue weighted by molar-refractivity contribution is 6.31. The summed E-state index contributed by atoms with van der Waals surface area (Å²) in [6.45, 7) is 2.64. The van der Waals surface area contributed by atoms with E-state index in [1.165, 1.54) is 6.07 Å². The molecule has 3 heteroatoms. The van der Waals surface area contributed by atoms with Crippen molar-refractivity contribution >= 4 is 22.5 Å². The van der Waals surface area contributed by atoms with E-state index >= 15 is 0 Å². The van der Waals surface area contributed by atoms with Gasteiger partial charge in [0.15, 0.2) is 0 Å². The molecule has 3 rings (SSSR count). The van der Waals surface area contributed by atoms with Gasteiger partial charge in [-0.05, 0) is 53.8 Å². The van der Waals surface area contributed by atoms with Crippen LogP contribution in [0.25, 0.3) is 10.9 Å². The maximum atomic E-state index is 13.3. The molecular formula is C16H13ClFN. The van der Waals surface area contributed by atoms with Crippen LogP contribution in [-0.2, 0) is 6.54 Å². The molecule has 0 aliphatic carbocycles. The zero-order valence-corrected chi connectivity index (χ0v) is 11.3. The van der Waals surface area contributed by atoms with Crippen molar-refractivity contribution in [1.82, 2.24) is 4.57 Å². The Morgan fingerprint density at radius 1 is 1.11 bits per heavy atom. The van der Waals surface area contributed by atoms with E-state index in [4.69, 9.17) is 11.6 Å². The Kier molecular flexibility index (Phi) is 3.03. The predicted octanol–water partition coefficient (Wildman–Crippen LogP) is 4.79. The molecule has 2 aromatic carbocycles. The highest BCUT2D eigenvalue weighted by Crippen LogP contribution is 2.22. The Hall–Kier alpha value is -1.80. The van der Waals surface area contributed by atoms with E-state index in [-0.39, 0.29) is 5.82 Å². The fraction of sp³-hybridized carbons (Fsp3) is 0.125. The lowest BCUT2D eigenvalue weighted by Crippen LogP contribution is -2.00. The SMILES string of the molecule is Cc1ccc(F)cc1Cn1ccc2ccc(Cl)cc21. The molecular weight excluding hydrogens is 261 g/mol. The maximum Gasteiger partial charge on any atom is 0.123 e. The highest BCUT2D eigenvalue weighted by Gasteiger charge is 2.05. The first-order valence-electron chi connectivity index (χ1n) is 6.13. The Bertz CT molecular complexity index is 746. The zero-order chi connectivity index (χ0) is 13.4. The largest absolute Gasteiger partial charge is 0.343 e. The lowest BCUT2D eigenvalue weighted by molar-refractivity contribution is 0.623. The molecule has 1 heterocycles. The Morgan fingerprint density at radius 2 is 1.95 bits per heavy atom. The second kappa shape index (κ2) is 4.71. The Labute approximate surface area is 116 Å². The topological polar surface area (TPSA) is 4.93 Å². The fourth-order valence-corrected chi connectivity index (χ4v) is 2.46. The molecule has 0 radical (unpaired) electrons. The van der Waals surface area contributed by atoms with Crippen molar-refractivity contribution in [3.63, 3.8) is 0 Å². The fourth-order valence-electron chi connectivity index (χ4n) is 2.29. The summed E-state index contributed by atoms with van der Waals surface area (Å²) in [5.74, 6) is -0.199. The molecule has 0 aliphatic rings. The first-order valence-corrected chi connectivity index (χ1v) is 6.51. The minimum atomic E-state index is -0.199. The molecule has 0 amide bonds. The van der Waals surface area contributed by atoms with E-state index in [0.29, 0.717) is 11.6 Å². The van der Waals surface area contributed by atoms with Crippen LogP contribution in [0.4, 0.5) is 4.39 Å². The van der Waals surface area contributed by atoms with Gasteiger partial charge in [0.05, 0.1) is 0 Å². The van der Waals surface area contributed by atoms with E-state index in [0.717, 1.165) is 22.0 Å². The van der Waals surface area contributed by atoms with Gasteiger partial charge in [-0.15, -0.1) is 0 Å². The zero-order valence-electron chi connectivity index (χ0n) is 10.5. The molecule has 1 aromatic heterocycles. The third-order valence-corrected chi connectivity index (χ3v) is 3.62. The molecule has 19 heavy (non-hydrogen) atoms. The lowest BCUT2D eigenvalue weighted by atomic mass is 10.1. The smallest absolute Gasteiger partial charge is 0.123 e. The average molecular weight is 274 g/mol. The third-order valence-electron chi connectivity index (χ3n) is 3.39. The number of hydrogen-bond acceptors (Lipinski definition) is 0. The lowest BCUT2D eigenvalue weighted by Gasteiger charge is -2.09. The van der Waals surface area contributed by atoms with Gasteiger partial charge in [-0.25, -0.2) is 4.39 Å². The van der Waals surface area contributed by atoms with E-state index in [9.17, 15) is 4.39 Å². The van der Waals surface area contributed by atoms with Gasteiger partial charge in [-0.3, -0.25) is 0 Å². The molecule has 1 nitrogen and oxygen atoms in total. The van der Waals surface area contributed by atoms with E-state index in [1.54, 1.807) is 6.07 Å². The van der Waals surface area contributed by atoms with E-state index in [2.05, 4.69) is 4.57 Å². The standard InChI is InChI=1S/C16H13ClFN/c1-11-2-5-15(18)8-13(11)10-19-7-6-12-3-4-14(17)9-16(12)19/h2-9H,10H2,1H3. The third kappa shape index (κ3) is 2.36. The van der Waals surface area contributed by atoms with Crippen LogP contribution in [0.15, 0.2) is 48.7 Å². The van der Waals surface area contributed by atoms with Crippen LogP contribution in [0.5, 0.6) is 0 Å². The van der Waals surface area contributed by atoms with Gasteiger partial charge in [-0.1, -0.05) is 23.7 Å². The Morgan fingerprint density at radius 3 is 2.79 bits per heavy atom. The van der Waals surface area contributed by atoms with Crippen molar-refractivity contribution in [2.45, 2.75) is 13.5 Å². The van der Waals surface area contributed by atoms with Crippen LogP contribution < -0.4 is 0 Å². The van der Waals surface area contributed by atoms with Crippen LogP contribution in [0.1, 0.15) is 11.1 Å². The summed E-state index contributed by atoms with van der Waals surface area (Å²) < 4.78 is 15.4. The van der Waals surface area contributed by atoms with Crippen LogP contribution >= 0.6 is 11.6 Å². The minimum Gasteiger partial charge on any atom is -0.343 e. The normalized spacial score (nSPS) is 11.1. The maximum absolute atomic E-state index is 13.3. The van der Waals surface area contributed by atoms with Gasteiger partial charge in [0.2, 0.25) is 0 Å². The summed E-state index contributed by atoms with van der Waals surface area (Å²) >= 11 is 6.03. The quantitative estimate of drug-likeness (QED) is 0.633. The number of fused-ring (bicyclic) bond motifs is 1. The van der Waals surface area contributed by atoms with Gasteiger partial charge in [0.25, 0.3) is 0 Å². The predicted molar refractivity (Wildman–Crippen MR) is 77.2 cm³/mol. The molecule has 0 saturated heterocycles. The van der Waals surface area contributed by atoms with Crippen LogP contribution in [0.2, 0.25) is 5.02 Å². The van der Waals surface area contributed by atoms with Crippen molar-refractivity contribution < 1.29 is 4.39 Å². The summed E-state index contributed by atoms with van der Waals surface area (Å²) in [7, 11) is 0. The number of halogens is 2. The number of aromatic nitrogens is 1. The van der Waals surface area contributed by atoms with Crippen LogP contribution in [-0.4, -0.2) is 4.57 Å². The second-order valence-corrected chi connectivity index (χ2v) is 5.15. The van der Waals surface area contributed by atoms with Crippen LogP contribution in [0, 0.1) is 12.7 Å². The summed E-state index contributed by atoms with van der Waals surface area (Å²) in [5, 5.41) is 1.85. The monoisotopic (exact) mass is 273 g/mol. The molecule has 0 spiro atoms. The van der Waals surface area contributed by atoms with E-state index in [1.807, 2.05) is 43.5 Å². The van der Waals surface area contributed by atoms with Crippen molar-refractivity contribution in [3.8, 4) is 0 Å². The summed E-state index contributed by atoms with van der Waals surface area (Å²) in [4.78, 5) is 0. The second-order valence-electron chi connectivity index (χ2n) is 4.72. The average Bonchev–Trinajstić information content (AvgIpc) is 2.77. The van der Waals surface area contributed by atoms with Gasteiger partial charge >= 0.3 is 0 Å². The molecule has 0 fully saturated rings. The number of rotatable bonds is 2. The molecule has 3 aromatic rings. The molecule has 0 aliphatic heterocycles.